The van der Waals surface area contributed by atoms with Crippen LogP contribution in [-0.4, -0.2) is 33.6 Å². The average molecular weight is 444 g/mol. The molecular formula is C23H29N3O4S. The largest absolute Gasteiger partial charge is 0.448 e. The standard InChI is InChI=1S/C23H29N3O4S/c1-11-18-21(25-17-5-4-8-26(17)22(18)28)31-19(11)23(29)30-13(3)20(27)24-12(2)16-10-14-6-7-15(16)9-14/h12-16H,4-10H2,1-3H3,(H,24,27)/t12-,13+,14-,15-,16+/m1/s1. The van der Waals surface area contributed by atoms with E-state index in [1.807, 2.05) is 0 Å². The van der Waals surface area contributed by atoms with E-state index in [0.717, 1.165) is 24.6 Å². The number of nitrogens with zero attached hydrogens (tertiary/aromatic N) is 2. The van der Waals surface area contributed by atoms with Gasteiger partial charge in [-0.2, -0.15) is 0 Å². The average Bonchev–Trinajstić information content (AvgIpc) is 3.51. The number of hydrogen-bond donors (Lipinski definition) is 1. The molecule has 0 spiro atoms. The molecule has 1 aliphatic heterocycles. The van der Waals surface area contributed by atoms with Crippen molar-refractivity contribution in [2.24, 2.45) is 17.8 Å². The van der Waals surface area contributed by atoms with Crippen molar-refractivity contribution >= 4 is 33.4 Å². The number of aryl methyl sites for hydroxylation is 2. The molecule has 31 heavy (non-hydrogen) atoms. The van der Waals surface area contributed by atoms with Crippen LogP contribution in [0.25, 0.3) is 10.2 Å². The van der Waals surface area contributed by atoms with Gasteiger partial charge in [0, 0.05) is 19.0 Å². The second kappa shape index (κ2) is 7.73. The molecule has 5 rings (SSSR count). The molecular weight excluding hydrogens is 414 g/mol. The Balaban J connectivity index is 1.28. The third-order valence-corrected chi connectivity index (χ3v) is 8.72. The first kappa shape index (κ1) is 20.7. The van der Waals surface area contributed by atoms with Gasteiger partial charge >= 0.3 is 5.97 Å². The lowest BCUT2D eigenvalue weighted by Gasteiger charge is -2.29. The highest BCUT2D eigenvalue weighted by Gasteiger charge is 2.42. The maximum atomic E-state index is 12.8. The smallest absolute Gasteiger partial charge is 0.349 e. The number of nitrogens with one attached hydrogen (secondary N) is 1. The van der Waals surface area contributed by atoms with Crippen LogP contribution in [0.15, 0.2) is 4.79 Å². The fourth-order valence-electron chi connectivity index (χ4n) is 5.89. The Morgan fingerprint density at radius 2 is 2.06 bits per heavy atom. The fraction of sp³-hybridized carbons (Fsp3) is 0.652. The van der Waals surface area contributed by atoms with Crippen LogP contribution in [0.3, 0.4) is 0 Å². The highest BCUT2D eigenvalue weighted by atomic mass is 32.1. The molecule has 0 aromatic carbocycles. The van der Waals surface area contributed by atoms with E-state index in [1.54, 1.807) is 18.4 Å². The highest BCUT2D eigenvalue weighted by molar-refractivity contribution is 7.20. The Morgan fingerprint density at radius 3 is 2.77 bits per heavy atom. The second-order valence-electron chi connectivity index (χ2n) is 9.51. The lowest BCUT2D eigenvalue weighted by molar-refractivity contribution is -0.130. The molecule has 8 heteroatoms. The lowest BCUT2D eigenvalue weighted by atomic mass is 9.84. The molecule has 2 aromatic rings. The summed E-state index contributed by atoms with van der Waals surface area (Å²) in [5.41, 5.74) is 0.503. The van der Waals surface area contributed by atoms with Crippen LogP contribution >= 0.6 is 11.3 Å². The van der Waals surface area contributed by atoms with Crippen LogP contribution < -0.4 is 10.9 Å². The number of rotatable bonds is 5. The summed E-state index contributed by atoms with van der Waals surface area (Å²) in [7, 11) is 0. The maximum absolute atomic E-state index is 12.8. The molecule has 7 nitrogen and oxygen atoms in total. The van der Waals surface area contributed by atoms with Crippen LogP contribution in [0, 0.1) is 24.7 Å². The van der Waals surface area contributed by atoms with Crippen LogP contribution in [0.1, 0.15) is 67.0 Å². The van der Waals surface area contributed by atoms with Crippen molar-refractivity contribution in [2.75, 3.05) is 0 Å². The molecule has 2 aliphatic carbocycles. The van der Waals surface area contributed by atoms with Gasteiger partial charge in [-0.05, 0) is 69.8 Å². The van der Waals surface area contributed by atoms with E-state index in [0.29, 0.717) is 39.0 Å². The summed E-state index contributed by atoms with van der Waals surface area (Å²) in [5, 5.41) is 3.56. The zero-order valence-corrected chi connectivity index (χ0v) is 19.1. The van der Waals surface area contributed by atoms with Crippen LogP contribution in [0.2, 0.25) is 0 Å². The SMILES string of the molecule is Cc1c(C(=O)O[C@@H](C)C(=O)N[C@H](C)[C@@H]2C[C@@H]3CC[C@@H]2C3)sc2nc3n(c(=O)c12)CCC3. The Labute approximate surface area is 185 Å². The van der Waals surface area contributed by atoms with Crippen molar-refractivity contribution in [2.45, 2.75) is 78.0 Å². The van der Waals surface area contributed by atoms with Crippen molar-refractivity contribution < 1.29 is 14.3 Å². The van der Waals surface area contributed by atoms with Gasteiger partial charge < -0.3 is 10.1 Å². The lowest BCUT2D eigenvalue weighted by Crippen LogP contribution is -2.45. The Kier molecular flexibility index (Phi) is 5.15. The third kappa shape index (κ3) is 3.49. The van der Waals surface area contributed by atoms with E-state index < -0.39 is 12.1 Å². The predicted molar refractivity (Wildman–Crippen MR) is 118 cm³/mol. The fourth-order valence-corrected chi connectivity index (χ4v) is 6.97. The van der Waals surface area contributed by atoms with Gasteiger partial charge in [0.25, 0.3) is 11.5 Å². The monoisotopic (exact) mass is 443 g/mol. The number of carbonyl (C=O) groups excluding carboxylic acids is 2. The first-order valence-corrected chi connectivity index (χ1v) is 12.2. The number of aromatic nitrogens is 2. The normalized spacial score (nSPS) is 26.1. The Hall–Kier alpha value is -2.22. The topological polar surface area (TPSA) is 90.3 Å². The summed E-state index contributed by atoms with van der Waals surface area (Å²) in [6.07, 6.45) is 5.87. The predicted octanol–water partition coefficient (Wildman–Crippen LogP) is 3.20. The summed E-state index contributed by atoms with van der Waals surface area (Å²) in [6, 6.07) is 0.0849. The molecule has 1 N–H and O–H groups in total. The van der Waals surface area contributed by atoms with E-state index in [-0.39, 0.29) is 17.5 Å². The molecule has 1 amide bonds. The second-order valence-corrected chi connectivity index (χ2v) is 10.5. The molecule has 2 saturated carbocycles. The molecule has 2 fully saturated rings. The number of amides is 1. The first-order chi connectivity index (χ1) is 14.8. The van der Waals surface area contributed by atoms with E-state index in [4.69, 9.17) is 4.74 Å². The summed E-state index contributed by atoms with van der Waals surface area (Å²) in [5.74, 6) is 2.00. The Bertz CT molecular complexity index is 1120. The van der Waals surface area contributed by atoms with Gasteiger partial charge in [-0.15, -0.1) is 11.3 Å². The maximum Gasteiger partial charge on any atom is 0.349 e. The molecule has 0 unspecified atom stereocenters. The number of esters is 1. The van der Waals surface area contributed by atoms with Crippen molar-refractivity contribution in [3.8, 4) is 0 Å². The highest BCUT2D eigenvalue weighted by Crippen LogP contribution is 2.49. The summed E-state index contributed by atoms with van der Waals surface area (Å²) < 4.78 is 7.20. The van der Waals surface area contributed by atoms with Crippen LogP contribution in [-0.2, 0) is 22.5 Å². The summed E-state index contributed by atoms with van der Waals surface area (Å²) >= 11 is 1.18. The molecule has 3 heterocycles. The zero-order valence-electron chi connectivity index (χ0n) is 18.3. The number of carbonyl (C=O) groups is 2. The van der Waals surface area contributed by atoms with Gasteiger partial charge in [-0.3, -0.25) is 14.2 Å². The van der Waals surface area contributed by atoms with Gasteiger partial charge in [0.05, 0.1) is 5.39 Å². The number of thiophene rings is 1. The van der Waals surface area contributed by atoms with E-state index in [1.165, 1.54) is 37.0 Å². The van der Waals surface area contributed by atoms with Crippen molar-refractivity contribution in [3.63, 3.8) is 0 Å². The van der Waals surface area contributed by atoms with E-state index in [9.17, 15) is 14.4 Å². The summed E-state index contributed by atoms with van der Waals surface area (Å²) in [4.78, 5) is 43.9. The number of fused-ring (bicyclic) bond motifs is 4. The Morgan fingerprint density at radius 1 is 1.26 bits per heavy atom. The van der Waals surface area contributed by atoms with Crippen molar-refractivity contribution in [3.05, 3.63) is 26.6 Å². The van der Waals surface area contributed by atoms with Crippen molar-refractivity contribution in [1.82, 2.24) is 14.9 Å². The molecule has 2 bridgehead atoms. The molecule has 5 atom stereocenters. The zero-order chi connectivity index (χ0) is 21.9. The third-order valence-electron chi connectivity index (χ3n) is 7.55. The van der Waals surface area contributed by atoms with Crippen molar-refractivity contribution in [1.29, 1.82) is 0 Å². The van der Waals surface area contributed by atoms with Gasteiger partial charge in [0.1, 0.15) is 15.5 Å². The van der Waals surface area contributed by atoms with E-state index in [2.05, 4.69) is 17.2 Å². The minimum atomic E-state index is -0.891. The van der Waals surface area contributed by atoms with Gasteiger partial charge in [0.2, 0.25) is 0 Å². The molecule has 0 radical (unpaired) electrons. The quantitative estimate of drug-likeness (QED) is 0.717. The number of hydrogen-bond acceptors (Lipinski definition) is 6. The molecule has 0 saturated heterocycles. The molecule has 3 aliphatic rings. The summed E-state index contributed by atoms with van der Waals surface area (Å²) in [6.45, 7) is 6.09. The minimum absolute atomic E-state index is 0.0849. The van der Waals surface area contributed by atoms with Gasteiger partial charge in [0.15, 0.2) is 6.10 Å². The molecule has 2 aromatic heterocycles. The molecule has 166 valence electrons. The van der Waals surface area contributed by atoms with Gasteiger partial charge in [-0.25, -0.2) is 9.78 Å². The number of ether oxygens (including phenoxy) is 1. The van der Waals surface area contributed by atoms with E-state index >= 15 is 0 Å². The first-order valence-electron chi connectivity index (χ1n) is 11.4. The van der Waals surface area contributed by atoms with Crippen LogP contribution in [0.5, 0.6) is 0 Å². The van der Waals surface area contributed by atoms with Gasteiger partial charge in [-0.1, -0.05) is 6.42 Å². The minimum Gasteiger partial charge on any atom is -0.448 e. The van der Waals surface area contributed by atoms with Crippen LogP contribution in [0.4, 0.5) is 0 Å².